The molecule has 1 fully saturated rings. The number of halogens is 2. The number of ether oxygens (including phenoxy) is 2. The molecule has 1 aromatic carbocycles. The van der Waals surface area contributed by atoms with Crippen LogP contribution in [0.1, 0.15) is 22.0 Å². The van der Waals surface area contributed by atoms with Crippen LogP contribution in [-0.2, 0) is 11.8 Å². The summed E-state index contributed by atoms with van der Waals surface area (Å²) in [6.45, 7) is 1.35. The van der Waals surface area contributed by atoms with Crippen molar-refractivity contribution in [3.63, 3.8) is 0 Å². The van der Waals surface area contributed by atoms with Gasteiger partial charge in [0.05, 0.1) is 20.3 Å². The summed E-state index contributed by atoms with van der Waals surface area (Å²) in [5.41, 5.74) is 1.29. The molecule has 0 spiro atoms. The molecule has 24 heavy (non-hydrogen) atoms. The molecule has 0 aliphatic carbocycles. The molecule has 128 valence electrons. The Hall–Kier alpha value is -1.76. The number of hydrogen-bond acceptors (Lipinski definition) is 4. The van der Waals surface area contributed by atoms with E-state index in [1.807, 2.05) is 0 Å². The maximum atomic E-state index is 12.8. The maximum Gasteiger partial charge on any atom is 0.261 e. The van der Waals surface area contributed by atoms with Gasteiger partial charge in [0.25, 0.3) is 5.91 Å². The lowest BCUT2D eigenvalue weighted by molar-refractivity contribution is -0.0229. The number of carbonyl (C=O) groups excluding carboxylic acids is 1. The Labute approximate surface area is 149 Å². The highest BCUT2D eigenvalue weighted by molar-refractivity contribution is 6.34. The van der Waals surface area contributed by atoms with E-state index in [0.717, 1.165) is 5.56 Å². The summed E-state index contributed by atoms with van der Waals surface area (Å²) in [6.07, 6.45) is 1.38. The average molecular weight is 370 g/mol. The van der Waals surface area contributed by atoms with E-state index >= 15 is 0 Å². The van der Waals surface area contributed by atoms with Gasteiger partial charge in [0.2, 0.25) is 5.88 Å². The second-order valence-corrected chi connectivity index (χ2v) is 6.41. The van der Waals surface area contributed by atoms with Gasteiger partial charge in [0, 0.05) is 29.8 Å². The number of nitrogens with zero attached hydrogens (tertiary/aromatic N) is 3. The fourth-order valence-corrected chi connectivity index (χ4v) is 3.28. The molecule has 1 aliphatic rings. The first-order valence-corrected chi connectivity index (χ1v) is 8.18. The molecule has 1 unspecified atom stereocenters. The van der Waals surface area contributed by atoms with E-state index in [1.165, 1.54) is 7.11 Å². The van der Waals surface area contributed by atoms with E-state index in [0.29, 0.717) is 41.2 Å². The van der Waals surface area contributed by atoms with E-state index in [1.54, 1.807) is 41.0 Å². The lowest BCUT2D eigenvalue weighted by Crippen LogP contribution is -2.42. The molecule has 2 heterocycles. The minimum absolute atomic E-state index is 0.138. The van der Waals surface area contributed by atoms with Crippen LogP contribution < -0.4 is 4.74 Å². The monoisotopic (exact) mass is 369 g/mol. The SMILES string of the molecule is COc1nn(C)cc1C(=O)N1CCOC(c2cc(Cl)cc(Cl)c2)C1. The number of benzene rings is 1. The molecule has 1 atom stereocenters. The molecular formula is C16H17Cl2N3O3. The largest absolute Gasteiger partial charge is 0.479 e. The predicted octanol–water partition coefficient (Wildman–Crippen LogP) is 2.95. The van der Waals surface area contributed by atoms with Crippen molar-refractivity contribution < 1.29 is 14.3 Å². The van der Waals surface area contributed by atoms with Gasteiger partial charge in [-0.05, 0) is 23.8 Å². The lowest BCUT2D eigenvalue weighted by atomic mass is 10.1. The van der Waals surface area contributed by atoms with Gasteiger partial charge < -0.3 is 14.4 Å². The number of aryl methyl sites for hydroxylation is 1. The van der Waals surface area contributed by atoms with Crippen molar-refractivity contribution in [2.75, 3.05) is 26.8 Å². The molecule has 1 saturated heterocycles. The van der Waals surface area contributed by atoms with Crippen molar-refractivity contribution >= 4 is 29.1 Å². The Morgan fingerprint density at radius 3 is 2.71 bits per heavy atom. The van der Waals surface area contributed by atoms with Crippen molar-refractivity contribution in [1.29, 1.82) is 0 Å². The standard InChI is InChI=1S/C16H17Cl2N3O3/c1-20-8-13(15(19-20)23-2)16(22)21-3-4-24-14(9-21)10-5-11(17)7-12(18)6-10/h5-8,14H,3-4,9H2,1-2H3. The van der Waals surface area contributed by atoms with E-state index in [-0.39, 0.29) is 12.0 Å². The van der Waals surface area contributed by atoms with E-state index in [2.05, 4.69) is 5.10 Å². The van der Waals surface area contributed by atoms with Crippen LogP contribution in [0, 0.1) is 0 Å². The van der Waals surface area contributed by atoms with Crippen LogP contribution >= 0.6 is 23.2 Å². The minimum Gasteiger partial charge on any atom is -0.479 e. The fourth-order valence-electron chi connectivity index (χ4n) is 2.73. The van der Waals surface area contributed by atoms with Gasteiger partial charge in [-0.25, -0.2) is 0 Å². The quantitative estimate of drug-likeness (QED) is 0.834. The van der Waals surface area contributed by atoms with Crippen LogP contribution in [0.25, 0.3) is 0 Å². The van der Waals surface area contributed by atoms with Gasteiger partial charge in [-0.1, -0.05) is 23.2 Å². The smallest absolute Gasteiger partial charge is 0.261 e. The summed E-state index contributed by atoms with van der Waals surface area (Å²) in [7, 11) is 3.24. The molecule has 0 saturated carbocycles. The third kappa shape index (κ3) is 3.50. The molecule has 0 N–H and O–H groups in total. The lowest BCUT2D eigenvalue weighted by Gasteiger charge is -2.33. The van der Waals surface area contributed by atoms with Crippen LogP contribution in [0.3, 0.4) is 0 Å². The topological polar surface area (TPSA) is 56.6 Å². The van der Waals surface area contributed by atoms with Crippen molar-refractivity contribution in [2.45, 2.75) is 6.10 Å². The maximum absolute atomic E-state index is 12.8. The number of hydrogen-bond donors (Lipinski definition) is 0. The zero-order chi connectivity index (χ0) is 17.3. The Bertz CT molecular complexity index is 743. The highest BCUT2D eigenvalue weighted by Crippen LogP contribution is 2.29. The van der Waals surface area contributed by atoms with Gasteiger partial charge in [0.1, 0.15) is 11.7 Å². The van der Waals surface area contributed by atoms with Crippen molar-refractivity contribution in [3.05, 3.63) is 45.6 Å². The summed E-state index contributed by atoms with van der Waals surface area (Å²) >= 11 is 12.1. The number of carbonyl (C=O) groups is 1. The Kier molecular flexibility index (Phi) is 4.99. The van der Waals surface area contributed by atoms with Gasteiger partial charge in [-0.3, -0.25) is 9.48 Å². The first kappa shape index (κ1) is 17.1. The highest BCUT2D eigenvalue weighted by atomic mass is 35.5. The highest BCUT2D eigenvalue weighted by Gasteiger charge is 2.29. The summed E-state index contributed by atoms with van der Waals surface area (Å²) < 4.78 is 12.5. The third-order valence-electron chi connectivity index (χ3n) is 3.83. The molecule has 0 bridgehead atoms. The summed E-state index contributed by atoms with van der Waals surface area (Å²) in [5.74, 6) is 0.178. The van der Waals surface area contributed by atoms with Gasteiger partial charge in [-0.2, -0.15) is 0 Å². The number of rotatable bonds is 3. The number of amides is 1. The molecule has 8 heteroatoms. The second-order valence-electron chi connectivity index (χ2n) is 5.54. The zero-order valence-electron chi connectivity index (χ0n) is 13.3. The van der Waals surface area contributed by atoms with Crippen LogP contribution in [0.4, 0.5) is 0 Å². The molecule has 1 aromatic heterocycles. The van der Waals surface area contributed by atoms with E-state index < -0.39 is 0 Å². The molecule has 1 amide bonds. The van der Waals surface area contributed by atoms with Crippen molar-refractivity contribution in [1.82, 2.24) is 14.7 Å². The van der Waals surface area contributed by atoms with Gasteiger partial charge in [0.15, 0.2) is 0 Å². The zero-order valence-corrected chi connectivity index (χ0v) is 14.8. The number of methoxy groups -OCH3 is 1. The summed E-state index contributed by atoms with van der Waals surface area (Å²) in [5, 5.41) is 5.21. The molecule has 3 rings (SSSR count). The summed E-state index contributed by atoms with van der Waals surface area (Å²) in [6, 6.07) is 5.27. The van der Waals surface area contributed by atoms with E-state index in [9.17, 15) is 4.79 Å². The molecule has 1 aliphatic heterocycles. The third-order valence-corrected chi connectivity index (χ3v) is 4.27. The number of morpholine rings is 1. The minimum atomic E-state index is -0.276. The Morgan fingerprint density at radius 1 is 1.33 bits per heavy atom. The van der Waals surface area contributed by atoms with Crippen LogP contribution in [0.2, 0.25) is 10.0 Å². The molecular weight excluding hydrogens is 353 g/mol. The normalized spacial score (nSPS) is 17.8. The van der Waals surface area contributed by atoms with Crippen LogP contribution in [0.5, 0.6) is 5.88 Å². The Morgan fingerprint density at radius 2 is 2.04 bits per heavy atom. The average Bonchev–Trinajstić information content (AvgIpc) is 2.94. The first-order chi connectivity index (χ1) is 11.5. The Balaban J connectivity index is 1.81. The van der Waals surface area contributed by atoms with E-state index in [4.69, 9.17) is 32.7 Å². The van der Waals surface area contributed by atoms with Crippen molar-refractivity contribution in [3.8, 4) is 5.88 Å². The molecule has 6 nitrogen and oxygen atoms in total. The van der Waals surface area contributed by atoms with Crippen LogP contribution in [0.15, 0.2) is 24.4 Å². The first-order valence-electron chi connectivity index (χ1n) is 7.42. The fraction of sp³-hybridized carbons (Fsp3) is 0.375. The van der Waals surface area contributed by atoms with Crippen molar-refractivity contribution in [2.24, 2.45) is 7.05 Å². The predicted molar refractivity (Wildman–Crippen MR) is 90.8 cm³/mol. The second kappa shape index (κ2) is 7.01. The summed E-state index contributed by atoms with van der Waals surface area (Å²) in [4.78, 5) is 14.5. The molecule has 0 radical (unpaired) electrons. The molecule has 2 aromatic rings. The van der Waals surface area contributed by atoms with Gasteiger partial charge >= 0.3 is 0 Å². The number of aromatic nitrogens is 2. The van der Waals surface area contributed by atoms with Crippen LogP contribution in [-0.4, -0.2) is 47.4 Å². The van der Waals surface area contributed by atoms with Gasteiger partial charge in [-0.15, -0.1) is 5.10 Å².